The molecule has 1 aliphatic heterocycles. The first-order valence-corrected chi connectivity index (χ1v) is 9.32. The minimum absolute atomic E-state index is 0.212. The van der Waals surface area contributed by atoms with E-state index < -0.39 is 11.9 Å². The number of carbonyl (C=O) groups is 1. The Morgan fingerprint density at radius 3 is 2.79 bits per heavy atom. The van der Waals surface area contributed by atoms with Gasteiger partial charge in [-0.15, -0.1) is 0 Å². The SMILES string of the molecule is Cn1ncc2ccc(COc3cc(C4CCN(C(=O)O)CC4)ccc3F)cc21. The summed E-state index contributed by atoms with van der Waals surface area (Å²) in [5.41, 5.74) is 2.93. The Bertz CT molecular complexity index is 1010. The Labute approximate surface area is 162 Å². The van der Waals surface area contributed by atoms with Gasteiger partial charge in [0.05, 0.1) is 11.7 Å². The van der Waals surface area contributed by atoms with Gasteiger partial charge < -0.3 is 14.7 Å². The number of fused-ring (bicyclic) bond motifs is 1. The molecule has 0 unspecified atom stereocenters. The van der Waals surface area contributed by atoms with Gasteiger partial charge in [-0.05, 0) is 48.1 Å². The minimum atomic E-state index is -0.882. The van der Waals surface area contributed by atoms with E-state index in [-0.39, 0.29) is 18.3 Å². The van der Waals surface area contributed by atoms with Crippen LogP contribution < -0.4 is 4.74 Å². The van der Waals surface area contributed by atoms with Gasteiger partial charge in [-0.25, -0.2) is 9.18 Å². The molecule has 0 atom stereocenters. The summed E-state index contributed by atoms with van der Waals surface area (Å²) in [5.74, 6) is 0.0425. The van der Waals surface area contributed by atoms with Crippen molar-refractivity contribution in [1.29, 1.82) is 0 Å². The van der Waals surface area contributed by atoms with E-state index in [1.54, 1.807) is 23.0 Å². The normalized spacial score (nSPS) is 15.1. The van der Waals surface area contributed by atoms with Crippen LogP contribution in [0.3, 0.4) is 0 Å². The van der Waals surface area contributed by atoms with Gasteiger partial charge >= 0.3 is 6.09 Å². The molecule has 7 heteroatoms. The molecule has 0 spiro atoms. The molecule has 0 aliphatic carbocycles. The summed E-state index contributed by atoms with van der Waals surface area (Å²) in [4.78, 5) is 12.5. The lowest BCUT2D eigenvalue weighted by Gasteiger charge is -2.30. The van der Waals surface area contributed by atoms with Crippen molar-refractivity contribution in [2.75, 3.05) is 13.1 Å². The van der Waals surface area contributed by atoms with Crippen LogP contribution in [0.1, 0.15) is 29.9 Å². The van der Waals surface area contributed by atoms with Gasteiger partial charge in [0.1, 0.15) is 6.61 Å². The standard InChI is InChI=1S/C21H22FN3O3/c1-24-19-10-14(2-3-17(19)12-23-24)13-28-20-11-16(4-5-18(20)22)15-6-8-25(9-7-15)21(26)27/h2-5,10-12,15H,6-9,13H2,1H3,(H,26,27). The van der Waals surface area contributed by atoms with Gasteiger partial charge in [0.15, 0.2) is 11.6 Å². The molecule has 2 heterocycles. The van der Waals surface area contributed by atoms with E-state index in [4.69, 9.17) is 9.84 Å². The number of nitrogens with zero attached hydrogens (tertiary/aromatic N) is 3. The van der Waals surface area contributed by atoms with Crippen molar-refractivity contribution in [3.05, 3.63) is 59.5 Å². The fourth-order valence-corrected chi connectivity index (χ4v) is 3.73. The first kappa shape index (κ1) is 18.3. The average molecular weight is 383 g/mol. The smallest absolute Gasteiger partial charge is 0.407 e. The molecule has 1 fully saturated rings. The number of ether oxygens (including phenoxy) is 1. The third-order valence-electron chi connectivity index (χ3n) is 5.40. The molecular weight excluding hydrogens is 361 g/mol. The van der Waals surface area contributed by atoms with Crippen LogP contribution >= 0.6 is 0 Å². The van der Waals surface area contributed by atoms with Crippen LogP contribution in [-0.2, 0) is 13.7 Å². The Morgan fingerprint density at radius 1 is 1.25 bits per heavy atom. The molecular formula is C21H22FN3O3. The van der Waals surface area contributed by atoms with Crippen molar-refractivity contribution in [3.8, 4) is 5.75 Å². The van der Waals surface area contributed by atoms with E-state index in [2.05, 4.69) is 5.10 Å². The predicted molar refractivity (Wildman–Crippen MR) is 103 cm³/mol. The molecule has 1 aromatic heterocycles. The highest BCUT2D eigenvalue weighted by Crippen LogP contribution is 2.31. The van der Waals surface area contributed by atoms with Gasteiger partial charge in [0.25, 0.3) is 0 Å². The number of aromatic nitrogens is 2. The third kappa shape index (κ3) is 3.65. The number of rotatable bonds is 4. The highest BCUT2D eigenvalue weighted by Gasteiger charge is 2.24. The third-order valence-corrected chi connectivity index (χ3v) is 5.40. The lowest BCUT2D eigenvalue weighted by molar-refractivity contribution is 0.132. The summed E-state index contributed by atoms with van der Waals surface area (Å²) in [6.45, 7) is 1.26. The molecule has 6 nitrogen and oxygen atoms in total. The maximum atomic E-state index is 14.2. The minimum Gasteiger partial charge on any atom is -0.486 e. The van der Waals surface area contributed by atoms with Crippen LogP contribution in [0.5, 0.6) is 5.75 Å². The molecule has 0 radical (unpaired) electrons. The number of benzene rings is 2. The monoisotopic (exact) mass is 383 g/mol. The van der Waals surface area contributed by atoms with E-state index in [1.807, 2.05) is 25.2 Å². The number of hydrogen-bond acceptors (Lipinski definition) is 3. The molecule has 2 aromatic carbocycles. The van der Waals surface area contributed by atoms with E-state index in [1.165, 1.54) is 11.0 Å². The number of hydrogen-bond donors (Lipinski definition) is 1. The largest absolute Gasteiger partial charge is 0.486 e. The van der Waals surface area contributed by atoms with Gasteiger partial charge in [-0.2, -0.15) is 5.10 Å². The van der Waals surface area contributed by atoms with Crippen molar-refractivity contribution >= 4 is 17.0 Å². The maximum Gasteiger partial charge on any atom is 0.407 e. The quantitative estimate of drug-likeness (QED) is 0.735. The lowest BCUT2D eigenvalue weighted by Crippen LogP contribution is -2.36. The fraction of sp³-hybridized carbons (Fsp3) is 0.333. The summed E-state index contributed by atoms with van der Waals surface area (Å²) in [5, 5.41) is 14.3. The molecule has 4 rings (SSSR count). The molecule has 1 saturated heterocycles. The van der Waals surface area contributed by atoms with E-state index >= 15 is 0 Å². The Morgan fingerprint density at radius 2 is 2.04 bits per heavy atom. The summed E-state index contributed by atoms with van der Waals surface area (Å²) in [6.07, 6.45) is 2.38. The average Bonchev–Trinajstić information content (AvgIpc) is 3.08. The van der Waals surface area contributed by atoms with Gasteiger partial charge in [-0.3, -0.25) is 4.68 Å². The summed E-state index contributed by atoms with van der Waals surface area (Å²) in [6, 6.07) is 10.9. The zero-order valence-corrected chi connectivity index (χ0v) is 15.6. The molecule has 3 aromatic rings. The predicted octanol–water partition coefficient (Wildman–Crippen LogP) is 4.15. The fourth-order valence-electron chi connectivity index (χ4n) is 3.73. The number of amides is 1. The number of carboxylic acid groups (broad SMARTS) is 1. The summed E-state index contributed by atoms with van der Waals surface area (Å²) >= 11 is 0. The summed E-state index contributed by atoms with van der Waals surface area (Å²) < 4.78 is 21.8. The maximum absolute atomic E-state index is 14.2. The highest BCUT2D eigenvalue weighted by molar-refractivity contribution is 5.79. The Kier molecular flexibility index (Phi) is 4.90. The molecule has 1 amide bonds. The number of piperidine rings is 1. The summed E-state index contributed by atoms with van der Waals surface area (Å²) in [7, 11) is 1.88. The van der Waals surface area contributed by atoms with Gasteiger partial charge in [-0.1, -0.05) is 18.2 Å². The second kappa shape index (κ2) is 7.50. The van der Waals surface area contributed by atoms with Crippen LogP contribution in [0, 0.1) is 5.82 Å². The zero-order chi connectivity index (χ0) is 19.7. The van der Waals surface area contributed by atoms with Crippen LogP contribution in [0.2, 0.25) is 0 Å². The highest BCUT2D eigenvalue weighted by atomic mass is 19.1. The lowest BCUT2D eigenvalue weighted by atomic mass is 9.89. The molecule has 1 N–H and O–H groups in total. The van der Waals surface area contributed by atoms with Crippen molar-refractivity contribution in [1.82, 2.24) is 14.7 Å². The van der Waals surface area contributed by atoms with Gasteiger partial charge in [0, 0.05) is 25.5 Å². The second-order valence-electron chi connectivity index (χ2n) is 7.18. The van der Waals surface area contributed by atoms with Crippen LogP contribution in [0.25, 0.3) is 10.9 Å². The van der Waals surface area contributed by atoms with Crippen molar-refractivity contribution in [2.24, 2.45) is 7.05 Å². The van der Waals surface area contributed by atoms with Crippen LogP contribution in [0.4, 0.5) is 9.18 Å². The topological polar surface area (TPSA) is 67.6 Å². The first-order valence-electron chi connectivity index (χ1n) is 9.32. The van der Waals surface area contributed by atoms with Crippen molar-refractivity contribution in [3.63, 3.8) is 0 Å². The van der Waals surface area contributed by atoms with E-state index in [0.717, 1.165) is 34.9 Å². The molecule has 28 heavy (non-hydrogen) atoms. The number of aryl methyl sites for hydroxylation is 1. The van der Waals surface area contributed by atoms with Gasteiger partial charge in [0.2, 0.25) is 0 Å². The van der Waals surface area contributed by atoms with Crippen molar-refractivity contribution in [2.45, 2.75) is 25.4 Å². The molecule has 1 aliphatic rings. The Hall–Kier alpha value is -3.09. The van der Waals surface area contributed by atoms with Crippen molar-refractivity contribution < 1.29 is 19.0 Å². The number of halogens is 1. The molecule has 146 valence electrons. The van der Waals surface area contributed by atoms with E-state index in [9.17, 15) is 9.18 Å². The molecule has 0 saturated carbocycles. The van der Waals surface area contributed by atoms with E-state index in [0.29, 0.717) is 13.1 Å². The number of likely N-dealkylation sites (tertiary alicyclic amines) is 1. The van der Waals surface area contributed by atoms with Crippen LogP contribution in [-0.4, -0.2) is 39.0 Å². The first-order chi connectivity index (χ1) is 13.5. The second-order valence-corrected chi connectivity index (χ2v) is 7.18. The Balaban J connectivity index is 1.46. The zero-order valence-electron chi connectivity index (χ0n) is 15.6. The van der Waals surface area contributed by atoms with Crippen LogP contribution in [0.15, 0.2) is 42.6 Å². The molecule has 0 bridgehead atoms.